The molecule has 0 N–H and O–H groups in total. The molecule has 0 atom stereocenters. The Hall–Kier alpha value is -5.44. The van der Waals surface area contributed by atoms with Gasteiger partial charge < -0.3 is 4.90 Å². The molecular formula is C42H27NS. The summed E-state index contributed by atoms with van der Waals surface area (Å²) in [5.74, 6) is 0. The molecule has 1 aromatic heterocycles. The molecule has 0 bridgehead atoms. The first-order valence-corrected chi connectivity index (χ1v) is 15.8. The maximum absolute atomic E-state index is 2.48. The zero-order valence-electron chi connectivity index (χ0n) is 23.9. The Labute approximate surface area is 259 Å². The Balaban J connectivity index is 1.37. The van der Waals surface area contributed by atoms with E-state index in [1.807, 2.05) is 11.3 Å². The van der Waals surface area contributed by atoms with Gasteiger partial charge in [0.1, 0.15) is 0 Å². The smallest absolute Gasteiger partial charge is 0.0555 e. The fourth-order valence-corrected chi connectivity index (χ4v) is 7.95. The number of thiophene rings is 1. The highest BCUT2D eigenvalue weighted by Crippen LogP contribution is 2.48. The van der Waals surface area contributed by atoms with Crippen molar-refractivity contribution in [3.63, 3.8) is 0 Å². The minimum atomic E-state index is 1.14. The summed E-state index contributed by atoms with van der Waals surface area (Å²) in [6.45, 7) is 0. The Morgan fingerprint density at radius 1 is 0.364 bits per heavy atom. The van der Waals surface area contributed by atoms with Crippen LogP contribution in [0.4, 0.5) is 17.1 Å². The van der Waals surface area contributed by atoms with E-state index >= 15 is 0 Å². The van der Waals surface area contributed by atoms with Crippen molar-refractivity contribution >= 4 is 80.9 Å². The number of benzene rings is 8. The topological polar surface area (TPSA) is 3.24 Å². The van der Waals surface area contributed by atoms with Gasteiger partial charge in [-0.15, -0.1) is 11.3 Å². The molecule has 0 unspecified atom stereocenters. The molecule has 44 heavy (non-hydrogen) atoms. The molecule has 0 saturated carbocycles. The lowest BCUT2D eigenvalue weighted by molar-refractivity contribution is 1.32. The zero-order valence-corrected chi connectivity index (χ0v) is 24.8. The second-order valence-corrected chi connectivity index (χ2v) is 12.4. The molecule has 0 radical (unpaired) electrons. The van der Waals surface area contributed by atoms with E-state index in [9.17, 15) is 0 Å². The third-order valence-corrected chi connectivity index (χ3v) is 9.96. The number of nitrogens with zero attached hydrogens (tertiary/aromatic N) is 1. The third-order valence-electron chi connectivity index (χ3n) is 8.82. The van der Waals surface area contributed by atoms with E-state index in [0.29, 0.717) is 0 Å². The van der Waals surface area contributed by atoms with E-state index in [-0.39, 0.29) is 0 Å². The van der Waals surface area contributed by atoms with Gasteiger partial charge in [-0.05, 0) is 74.5 Å². The third kappa shape index (κ3) is 3.92. The molecule has 0 aliphatic carbocycles. The predicted octanol–water partition coefficient (Wildman–Crippen LogP) is 12.7. The fourth-order valence-electron chi connectivity index (χ4n) is 6.83. The standard InChI is InChI=1S/C42H27NS/c1-2-11-28(12-3-1)29-23-25-32(26-24-29)43(37-18-10-20-40-42(37)36-17-8-9-19-39(36)44-40)38-27-31-22-21-30-13-4-5-14-33(30)41(31)35-16-7-6-15-34(35)38/h1-27H. The van der Waals surface area contributed by atoms with Crippen LogP contribution in [0.2, 0.25) is 0 Å². The van der Waals surface area contributed by atoms with E-state index in [1.165, 1.54) is 75.0 Å². The molecule has 0 fully saturated rings. The molecule has 1 nitrogen and oxygen atoms in total. The van der Waals surface area contributed by atoms with Gasteiger partial charge >= 0.3 is 0 Å². The highest BCUT2D eigenvalue weighted by Gasteiger charge is 2.21. The summed E-state index contributed by atoms with van der Waals surface area (Å²) in [5.41, 5.74) is 5.94. The number of hydrogen-bond acceptors (Lipinski definition) is 2. The van der Waals surface area contributed by atoms with Crippen LogP contribution >= 0.6 is 11.3 Å². The maximum Gasteiger partial charge on any atom is 0.0555 e. The van der Waals surface area contributed by atoms with Crippen LogP contribution in [0, 0.1) is 0 Å². The van der Waals surface area contributed by atoms with Crippen LogP contribution < -0.4 is 4.90 Å². The van der Waals surface area contributed by atoms with Crippen LogP contribution in [-0.4, -0.2) is 0 Å². The van der Waals surface area contributed by atoms with Crippen molar-refractivity contribution in [2.75, 3.05) is 4.90 Å². The molecular weight excluding hydrogens is 551 g/mol. The summed E-state index contributed by atoms with van der Waals surface area (Å²) in [4.78, 5) is 2.48. The Kier molecular flexibility index (Phi) is 5.75. The monoisotopic (exact) mass is 577 g/mol. The highest BCUT2D eigenvalue weighted by molar-refractivity contribution is 7.26. The van der Waals surface area contributed by atoms with Gasteiger partial charge in [0.2, 0.25) is 0 Å². The van der Waals surface area contributed by atoms with E-state index < -0.39 is 0 Å². The largest absolute Gasteiger partial charge is 0.309 e. The van der Waals surface area contributed by atoms with Crippen molar-refractivity contribution in [3.8, 4) is 11.1 Å². The molecule has 0 aliphatic rings. The minimum absolute atomic E-state index is 1.14. The maximum atomic E-state index is 2.48. The van der Waals surface area contributed by atoms with Crippen molar-refractivity contribution in [2.45, 2.75) is 0 Å². The lowest BCUT2D eigenvalue weighted by Gasteiger charge is -2.29. The number of rotatable bonds is 4. The first-order chi connectivity index (χ1) is 21.8. The summed E-state index contributed by atoms with van der Waals surface area (Å²) >= 11 is 1.86. The average molecular weight is 578 g/mol. The minimum Gasteiger partial charge on any atom is -0.309 e. The van der Waals surface area contributed by atoms with E-state index in [4.69, 9.17) is 0 Å². The predicted molar refractivity (Wildman–Crippen MR) is 192 cm³/mol. The van der Waals surface area contributed by atoms with Gasteiger partial charge in [-0.3, -0.25) is 0 Å². The van der Waals surface area contributed by atoms with Crippen LogP contribution in [0.5, 0.6) is 0 Å². The SMILES string of the molecule is c1ccc(-c2ccc(N(c3cc4ccc5ccccc5c4c4ccccc34)c3cccc4sc5ccccc5c34)cc2)cc1. The van der Waals surface area contributed by atoms with Gasteiger partial charge in [-0.25, -0.2) is 0 Å². The highest BCUT2D eigenvalue weighted by atomic mass is 32.1. The second kappa shape index (κ2) is 10.1. The molecule has 2 heteroatoms. The molecule has 1 heterocycles. The molecule has 0 amide bonds. The van der Waals surface area contributed by atoms with Crippen LogP contribution in [-0.2, 0) is 0 Å². The van der Waals surface area contributed by atoms with Gasteiger partial charge in [0.25, 0.3) is 0 Å². The molecule has 8 aromatic carbocycles. The zero-order chi connectivity index (χ0) is 29.0. The first kappa shape index (κ1) is 25.1. The number of hydrogen-bond donors (Lipinski definition) is 0. The lowest BCUT2D eigenvalue weighted by Crippen LogP contribution is -2.11. The second-order valence-electron chi connectivity index (χ2n) is 11.3. The number of anilines is 3. The van der Waals surface area contributed by atoms with Crippen molar-refractivity contribution in [3.05, 3.63) is 164 Å². The van der Waals surface area contributed by atoms with E-state index in [0.717, 1.165) is 5.69 Å². The Bertz CT molecular complexity index is 2490. The summed E-state index contributed by atoms with van der Waals surface area (Å²) in [6.07, 6.45) is 0. The number of fused-ring (bicyclic) bond motifs is 8. The van der Waals surface area contributed by atoms with Gasteiger partial charge in [0.15, 0.2) is 0 Å². The lowest BCUT2D eigenvalue weighted by atomic mass is 9.94. The summed E-state index contributed by atoms with van der Waals surface area (Å²) in [7, 11) is 0. The fraction of sp³-hybridized carbons (Fsp3) is 0. The first-order valence-electron chi connectivity index (χ1n) is 15.0. The van der Waals surface area contributed by atoms with Gasteiger partial charge in [0.05, 0.1) is 11.4 Å². The normalized spacial score (nSPS) is 11.6. The molecule has 0 aliphatic heterocycles. The average Bonchev–Trinajstić information content (AvgIpc) is 3.48. The van der Waals surface area contributed by atoms with Crippen LogP contribution in [0.3, 0.4) is 0 Å². The quantitative estimate of drug-likeness (QED) is 0.188. The molecule has 0 saturated heterocycles. The molecule has 9 rings (SSSR count). The Morgan fingerprint density at radius 3 is 1.84 bits per heavy atom. The van der Waals surface area contributed by atoms with Crippen molar-refractivity contribution in [1.82, 2.24) is 0 Å². The summed E-state index contributed by atoms with van der Waals surface area (Å²) in [6, 6.07) is 59.7. The van der Waals surface area contributed by atoms with E-state index in [2.05, 4.69) is 169 Å². The summed E-state index contributed by atoms with van der Waals surface area (Å²) < 4.78 is 2.61. The van der Waals surface area contributed by atoms with Crippen LogP contribution in [0.1, 0.15) is 0 Å². The van der Waals surface area contributed by atoms with Crippen molar-refractivity contribution in [1.29, 1.82) is 0 Å². The molecule has 206 valence electrons. The van der Waals surface area contributed by atoms with Crippen LogP contribution in [0.15, 0.2) is 164 Å². The van der Waals surface area contributed by atoms with Crippen molar-refractivity contribution < 1.29 is 0 Å². The van der Waals surface area contributed by atoms with E-state index in [1.54, 1.807) is 0 Å². The van der Waals surface area contributed by atoms with Crippen molar-refractivity contribution in [2.24, 2.45) is 0 Å². The molecule has 0 spiro atoms. The van der Waals surface area contributed by atoms with Gasteiger partial charge in [-0.1, -0.05) is 127 Å². The summed E-state index contributed by atoms with van der Waals surface area (Å²) in [5, 5.41) is 10.2. The Morgan fingerprint density at radius 2 is 1.00 bits per heavy atom. The van der Waals surface area contributed by atoms with Crippen LogP contribution in [0.25, 0.3) is 63.6 Å². The molecule has 9 aromatic rings. The van der Waals surface area contributed by atoms with Gasteiger partial charge in [0, 0.05) is 31.2 Å². The van der Waals surface area contributed by atoms with Gasteiger partial charge in [-0.2, -0.15) is 0 Å².